The number of hydrogen-bond acceptors (Lipinski definition) is 2. The highest BCUT2D eigenvalue weighted by atomic mass is 16.1. The van der Waals surface area contributed by atoms with Gasteiger partial charge in [-0.05, 0) is 43.2 Å². The molecule has 0 aliphatic carbocycles. The van der Waals surface area contributed by atoms with Gasteiger partial charge < -0.3 is 4.57 Å². The molecule has 20 heavy (non-hydrogen) atoms. The van der Waals surface area contributed by atoms with E-state index < -0.39 is 0 Å². The summed E-state index contributed by atoms with van der Waals surface area (Å²) < 4.78 is 1.93. The molecule has 2 heterocycles. The number of pyridine rings is 1. The number of benzene rings is 1. The van der Waals surface area contributed by atoms with E-state index in [4.69, 9.17) is 0 Å². The monoisotopic (exact) mass is 264 g/mol. The maximum atomic E-state index is 12.7. The zero-order valence-electron chi connectivity index (χ0n) is 11.8. The van der Waals surface area contributed by atoms with Gasteiger partial charge in [0.25, 0.3) is 0 Å². The third-order valence-corrected chi connectivity index (χ3v) is 3.87. The van der Waals surface area contributed by atoms with Gasteiger partial charge >= 0.3 is 0 Å². The van der Waals surface area contributed by atoms with Crippen LogP contribution in [-0.2, 0) is 7.05 Å². The first kappa shape index (κ1) is 12.6. The van der Waals surface area contributed by atoms with Crippen LogP contribution in [0.5, 0.6) is 0 Å². The fraction of sp³-hybridized carbons (Fsp3) is 0.176. The van der Waals surface area contributed by atoms with Crippen LogP contribution in [0.25, 0.3) is 10.9 Å². The minimum Gasteiger partial charge on any atom is -0.341 e. The number of ketones is 1. The van der Waals surface area contributed by atoms with Crippen LogP contribution in [0.4, 0.5) is 0 Å². The molecule has 0 amide bonds. The number of carbonyl (C=O) groups excluding carboxylic acids is 1. The van der Waals surface area contributed by atoms with Crippen molar-refractivity contribution in [3.05, 3.63) is 65.1 Å². The fourth-order valence-corrected chi connectivity index (χ4v) is 2.49. The first-order valence-corrected chi connectivity index (χ1v) is 6.61. The van der Waals surface area contributed by atoms with Crippen LogP contribution < -0.4 is 0 Å². The summed E-state index contributed by atoms with van der Waals surface area (Å²) in [5.41, 5.74) is 4.30. The summed E-state index contributed by atoms with van der Waals surface area (Å²) in [4.78, 5) is 17.0. The Kier molecular flexibility index (Phi) is 2.90. The Bertz CT molecular complexity index is 815. The Morgan fingerprint density at radius 3 is 2.65 bits per heavy atom. The number of carbonyl (C=O) groups is 1. The van der Waals surface area contributed by atoms with Crippen LogP contribution >= 0.6 is 0 Å². The second-order valence-electron chi connectivity index (χ2n) is 5.08. The molecule has 0 fully saturated rings. The van der Waals surface area contributed by atoms with Gasteiger partial charge in [-0.2, -0.15) is 0 Å². The van der Waals surface area contributed by atoms with Crippen molar-refractivity contribution < 1.29 is 4.79 Å². The van der Waals surface area contributed by atoms with Crippen LogP contribution in [-0.4, -0.2) is 15.3 Å². The number of hydrogen-bond donors (Lipinski definition) is 0. The predicted octanol–water partition coefficient (Wildman–Crippen LogP) is 3.42. The summed E-state index contributed by atoms with van der Waals surface area (Å²) in [6.45, 7) is 3.94. The van der Waals surface area contributed by atoms with Crippen molar-refractivity contribution in [2.24, 2.45) is 7.05 Å². The second kappa shape index (κ2) is 4.60. The highest BCUT2D eigenvalue weighted by Gasteiger charge is 2.18. The van der Waals surface area contributed by atoms with Crippen LogP contribution in [0.15, 0.2) is 42.6 Å². The molecule has 0 saturated heterocycles. The third-order valence-electron chi connectivity index (χ3n) is 3.87. The van der Waals surface area contributed by atoms with E-state index in [1.807, 2.05) is 61.9 Å². The fourth-order valence-electron chi connectivity index (χ4n) is 2.49. The van der Waals surface area contributed by atoms with Gasteiger partial charge in [0.2, 0.25) is 5.78 Å². The van der Waals surface area contributed by atoms with Gasteiger partial charge in [-0.1, -0.05) is 18.2 Å². The molecule has 0 aliphatic rings. The number of nitrogens with zero attached hydrogens (tertiary/aromatic N) is 2. The standard InChI is InChI=1S/C17H16N2O/c1-11-8-9-18-16(12(11)2)17(20)15-10-13-6-4-5-7-14(13)19(15)3/h4-10H,1-3H3. The Labute approximate surface area is 117 Å². The third kappa shape index (κ3) is 1.83. The summed E-state index contributed by atoms with van der Waals surface area (Å²) in [5, 5.41) is 1.07. The van der Waals surface area contributed by atoms with Crippen molar-refractivity contribution in [1.29, 1.82) is 0 Å². The molecule has 0 atom stereocenters. The van der Waals surface area contributed by atoms with E-state index in [-0.39, 0.29) is 5.78 Å². The first-order valence-electron chi connectivity index (χ1n) is 6.61. The summed E-state index contributed by atoms with van der Waals surface area (Å²) in [5.74, 6) is -0.0232. The van der Waals surface area contributed by atoms with E-state index in [2.05, 4.69) is 4.98 Å². The molecule has 0 bridgehead atoms. The molecular weight excluding hydrogens is 248 g/mol. The zero-order valence-corrected chi connectivity index (χ0v) is 11.8. The lowest BCUT2D eigenvalue weighted by Gasteiger charge is -2.07. The highest BCUT2D eigenvalue weighted by Crippen LogP contribution is 2.21. The highest BCUT2D eigenvalue weighted by molar-refractivity contribution is 6.10. The van der Waals surface area contributed by atoms with Crippen LogP contribution in [0, 0.1) is 13.8 Å². The van der Waals surface area contributed by atoms with Gasteiger partial charge in [-0.3, -0.25) is 9.78 Å². The largest absolute Gasteiger partial charge is 0.341 e. The quantitative estimate of drug-likeness (QED) is 0.665. The molecule has 3 heteroatoms. The normalized spacial score (nSPS) is 10.9. The van der Waals surface area contributed by atoms with Gasteiger partial charge in [-0.25, -0.2) is 0 Å². The Morgan fingerprint density at radius 2 is 1.90 bits per heavy atom. The molecule has 0 saturated carbocycles. The minimum absolute atomic E-state index is 0.0232. The summed E-state index contributed by atoms with van der Waals surface area (Å²) in [6, 6.07) is 11.8. The minimum atomic E-state index is -0.0232. The van der Waals surface area contributed by atoms with Gasteiger partial charge in [0.1, 0.15) is 5.69 Å². The average molecular weight is 264 g/mol. The van der Waals surface area contributed by atoms with E-state index in [9.17, 15) is 4.79 Å². The number of para-hydroxylation sites is 1. The molecular formula is C17H16N2O. The van der Waals surface area contributed by atoms with Gasteiger partial charge in [0.15, 0.2) is 0 Å². The molecule has 2 aromatic heterocycles. The van der Waals surface area contributed by atoms with Gasteiger partial charge in [0, 0.05) is 24.1 Å². The topological polar surface area (TPSA) is 34.9 Å². The molecule has 0 spiro atoms. The Hall–Kier alpha value is -2.42. The van der Waals surface area contributed by atoms with E-state index in [0.717, 1.165) is 22.0 Å². The molecule has 3 rings (SSSR count). The predicted molar refractivity (Wildman–Crippen MR) is 80.1 cm³/mol. The summed E-state index contributed by atoms with van der Waals surface area (Å²) in [6.07, 6.45) is 1.69. The maximum Gasteiger partial charge on any atom is 0.227 e. The van der Waals surface area contributed by atoms with E-state index in [1.165, 1.54) is 0 Å². The lowest BCUT2D eigenvalue weighted by molar-refractivity contribution is 0.102. The number of fused-ring (bicyclic) bond motifs is 1. The van der Waals surface area contributed by atoms with Crippen molar-refractivity contribution in [3.8, 4) is 0 Å². The van der Waals surface area contributed by atoms with Crippen molar-refractivity contribution in [2.45, 2.75) is 13.8 Å². The molecule has 0 radical (unpaired) electrons. The smallest absolute Gasteiger partial charge is 0.227 e. The van der Waals surface area contributed by atoms with E-state index in [0.29, 0.717) is 11.4 Å². The van der Waals surface area contributed by atoms with Gasteiger partial charge in [-0.15, -0.1) is 0 Å². The van der Waals surface area contributed by atoms with Crippen molar-refractivity contribution in [1.82, 2.24) is 9.55 Å². The Morgan fingerprint density at radius 1 is 1.15 bits per heavy atom. The van der Waals surface area contributed by atoms with Crippen LogP contribution in [0.1, 0.15) is 27.3 Å². The van der Waals surface area contributed by atoms with E-state index in [1.54, 1.807) is 6.20 Å². The second-order valence-corrected chi connectivity index (χ2v) is 5.08. The zero-order chi connectivity index (χ0) is 14.3. The number of aryl methyl sites for hydroxylation is 2. The molecule has 1 aromatic carbocycles. The molecule has 0 N–H and O–H groups in total. The summed E-state index contributed by atoms with van der Waals surface area (Å²) in [7, 11) is 1.92. The number of aromatic nitrogens is 2. The van der Waals surface area contributed by atoms with Gasteiger partial charge in [0.05, 0.1) is 5.69 Å². The average Bonchev–Trinajstić information content (AvgIpc) is 2.79. The van der Waals surface area contributed by atoms with Crippen LogP contribution in [0.2, 0.25) is 0 Å². The SMILES string of the molecule is Cc1ccnc(C(=O)c2cc3ccccc3n2C)c1C. The maximum absolute atomic E-state index is 12.7. The number of rotatable bonds is 2. The van der Waals surface area contributed by atoms with E-state index >= 15 is 0 Å². The van der Waals surface area contributed by atoms with Crippen molar-refractivity contribution in [2.75, 3.05) is 0 Å². The molecule has 3 nitrogen and oxygen atoms in total. The van der Waals surface area contributed by atoms with Crippen molar-refractivity contribution >= 4 is 16.7 Å². The summed E-state index contributed by atoms with van der Waals surface area (Å²) >= 11 is 0. The molecule has 3 aromatic rings. The lowest BCUT2D eigenvalue weighted by Crippen LogP contribution is -2.11. The van der Waals surface area contributed by atoms with Crippen molar-refractivity contribution in [3.63, 3.8) is 0 Å². The lowest BCUT2D eigenvalue weighted by atomic mass is 10.0. The molecule has 0 aliphatic heterocycles. The Balaban J connectivity index is 2.18. The first-order chi connectivity index (χ1) is 9.59. The molecule has 0 unspecified atom stereocenters. The molecule has 100 valence electrons. The van der Waals surface area contributed by atoms with Crippen LogP contribution in [0.3, 0.4) is 0 Å².